The highest BCUT2D eigenvalue weighted by Gasteiger charge is 2.50. The van der Waals surface area contributed by atoms with Crippen molar-refractivity contribution in [1.82, 2.24) is 0 Å². The molecule has 0 saturated carbocycles. The molecule has 0 amide bonds. The zero-order valence-corrected chi connectivity index (χ0v) is 20.3. The van der Waals surface area contributed by atoms with Gasteiger partial charge in [0.25, 0.3) is 0 Å². The van der Waals surface area contributed by atoms with Gasteiger partial charge in [-0.15, -0.1) is 0 Å². The first-order chi connectivity index (χ1) is 17.4. The number of cyclic esters (lactones) is 2. The first kappa shape index (κ1) is 23.7. The van der Waals surface area contributed by atoms with Crippen LogP contribution < -0.4 is 0 Å². The monoisotopic (exact) mass is 484 g/mol. The fourth-order valence-electron chi connectivity index (χ4n) is 5.20. The molecule has 6 heteroatoms. The highest BCUT2D eigenvalue weighted by Crippen LogP contribution is 2.48. The Hall–Kier alpha value is -4.06. The van der Waals surface area contributed by atoms with Gasteiger partial charge in [-0.2, -0.15) is 0 Å². The van der Waals surface area contributed by atoms with Crippen LogP contribution in [0, 0.1) is 0 Å². The number of hydrogen-bond acceptors (Lipinski definition) is 6. The van der Waals surface area contributed by atoms with Crippen molar-refractivity contribution in [2.75, 3.05) is 0 Å². The maximum absolute atomic E-state index is 11.7. The van der Waals surface area contributed by atoms with Gasteiger partial charge in [0.05, 0.1) is 37.2 Å². The van der Waals surface area contributed by atoms with Crippen molar-refractivity contribution >= 4 is 11.9 Å². The number of hydrogen-bond donors (Lipinski definition) is 0. The van der Waals surface area contributed by atoms with Gasteiger partial charge in [-0.1, -0.05) is 60.7 Å². The second-order valence-electron chi connectivity index (χ2n) is 9.44. The summed E-state index contributed by atoms with van der Waals surface area (Å²) in [5, 5.41) is 0. The average Bonchev–Trinajstić information content (AvgIpc) is 3.69. The maximum Gasteiger partial charge on any atom is 0.307 e. The molecule has 0 bridgehead atoms. The van der Waals surface area contributed by atoms with Crippen LogP contribution in [-0.2, 0) is 30.3 Å². The van der Waals surface area contributed by atoms with Gasteiger partial charge in [-0.25, -0.2) is 0 Å². The van der Waals surface area contributed by atoms with Gasteiger partial charge in [0.1, 0.15) is 22.7 Å². The summed E-state index contributed by atoms with van der Waals surface area (Å²) in [6, 6.07) is 27.1. The van der Waals surface area contributed by atoms with Crippen LogP contribution in [0.15, 0.2) is 106 Å². The molecule has 2 fully saturated rings. The second kappa shape index (κ2) is 9.53. The van der Waals surface area contributed by atoms with Crippen molar-refractivity contribution in [3.05, 3.63) is 120 Å². The van der Waals surface area contributed by atoms with E-state index in [1.54, 1.807) is 12.5 Å². The number of carbonyl (C=O) groups is 2. The Morgan fingerprint density at radius 1 is 0.583 bits per heavy atom. The molecule has 4 heterocycles. The Morgan fingerprint density at radius 3 is 1.31 bits per heavy atom. The zero-order valence-electron chi connectivity index (χ0n) is 20.3. The molecule has 36 heavy (non-hydrogen) atoms. The third-order valence-electron chi connectivity index (χ3n) is 7.19. The van der Waals surface area contributed by atoms with Crippen molar-refractivity contribution in [1.29, 1.82) is 0 Å². The SMILES string of the molecule is C[C@@]1(c2ccccc2)OC(=O)C[C@H]1c1ccco1.C[C@]1(c2ccccc2)OC(=O)C[C@H]1c1ccco1. The molecule has 2 aromatic carbocycles. The summed E-state index contributed by atoms with van der Waals surface area (Å²) >= 11 is 0. The fraction of sp³-hybridized carbons (Fsp3) is 0.267. The quantitative estimate of drug-likeness (QED) is 0.310. The Balaban J connectivity index is 0.000000148. The van der Waals surface area contributed by atoms with Crippen LogP contribution in [0.3, 0.4) is 0 Å². The summed E-state index contributed by atoms with van der Waals surface area (Å²) in [4.78, 5) is 23.3. The number of furan rings is 2. The predicted molar refractivity (Wildman–Crippen MR) is 132 cm³/mol. The van der Waals surface area contributed by atoms with E-state index >= 15 is 0 Å². The summed E-state index contributed by atoms with van der Waals surface area (Å²) < 4.78 is 22.0. The van der Waals surface area contributed by atoms with E-state index in [0.717, 1.165) is 22.6 Å². The minimum atomic E-state index is -0.643. The number of esters is 2. The molecule has 4 aromatic rings. The van der Waals surface area contributed by atoms with Crippen molar-refractivity contribution in [2.45, 2.75) is 49.7 Å². The molecule has 2 aromatic heterocycles. The van der Waals surface area contributed by atoms with Gasteiger partial charge in [0.15, 0.2) is 0 Å². The smallest absolute Gasteiger partial charge is 0.307 e. The van der Waals surface area contributed by atoms with Gasteiger partial charge in [-0.3, -0.25) is 9.59 Å². The lowest BCUT2D eigenvalue weighted by atomic mass is 9.81. The number of carbonyl (C=O) groups excluding carboxylic acids is 2. The molecular formula is C30H28O6. The standard InChI is InChI=1S/2C15H14O3/c2*1-15(11-6-3-2-4-7-11)12(10-14(16)18-15)13-8-5-9-17-13/h2*2-9,12H,10H2,1H3/t12-,15+;12-,15-/m00/s1. The lowest BCUT2D eigenvalue weighted by Crippen LogP contribution is -2.27. The molecule has 4 atom stereocenters. The van der Waals surface area contributed by atoms with Crippen LogP contribution >= 0.6 is 0 Å². The van der Waals surface area contributed by atoms with E-state index in [2.05, 4.69) is 0 Å². The van der Waals surface area contributed by atoms with E-state index in [1.807, 2.05) is 98.8 Å². The number of benzene rings is 2. The van der Waals surface area contributed by atoms with E-state index in [1.165, 1.54) is 0 Å². The molecule has 184 valence electrons. The van der Waals surface area contributed by atoms with Crippen LogP contribution in [0.1, 0.15) is 61.2 Å². The molecule has 2 saturated heterocycles. The molecule has 6 nitrogen and oxygen atoms in total. The Kier molecular flexibility index (Phi) is 6.27. The lowest BCUT2D eigenvalue weighted by molar-refractivity contribution is -0.149. The first-order valence-corrected chi connectivity index (χ1v) is 12.0. The van der Waals surface area contributed by atoms with Gasteiger partial charge in [0, 0.05) is 0 Å². The zero-order chi connectivity index (χ0) is 25.2. The van der Waals surface area contributed by atoms with E-state index in [-0.39, 0.29) is 23.8 Å². The minimum absolute atomic E-state index is 0.0672. The highest BCUT2D eigenvalue weighted by molar-refractivity contribution is 5.75. The van der Waals surface area contributed by atoms with Gasteiger partial charge in [0.2, 0.25) is 0 Å². The predicted octanol–water partition coefficient (Wildman–Crippen LogP) is 6.45. The van der Waals surface area contributed by atoms with E-state index in [0.29, 0.717) is 12.8 Å². The fourth-order valence-corrected chi connectivity index (χ4v) is 5.20. The molecule has 2 aliphatic rings. The van der Waals surface area contributed by atoms with E-state index in [4.69, 9.17) is 18.3 Å². The van der Waals surface area contributed by atoms with Gasteiger partial charge >= 0.3 is 11.9 Å². The number of rotatable bonds is 4. The van der Waals surface area contributed by atoms with Gasteiger partial charge < -0.3 is 18.3 Å². The molecule has 0 unspecified atom stereocenters. The van der Waals surface area contributed by atoms with Crippen molar-refractivity contribution in [3.63, 3.8) is 0 Å². The lowest BCUT2D eigenvalue weighted by Gasteiger charge is -2.28. The summed E-state index contributed by atoms with van der Waals surface area (Å²) in [5.41, 5.74) is 0.710. The Bertz CT molecular complexity index is 1190. The topological polar surface area (TPSA) is 78.9 Å². The first-order valence-electron chi connectivity index (χ1n) is 12.0. The van der Waals surface area contributed by atoms with Gasteiger partial charge in [-0.05, 0) is 49.2 Å². The average molecular weight is 485 g/mol. The van der Waals surface area contributed by atoms with Crippen molar-refractivity contribution in [3.8, 4) is 0 Å². The van der Waals surface area contributed by atoms with Crippen LogP contribution in [-0.4, -0.2) is 11.9 Å². The third-order valence-corrected chi connectivity index (χ3v) is 7.19. The number of ether oxygens (including phenoxy) is 2. The molecule has 0 aliphatic carbocycles. The molecule has 6 rings (SSSR count). The third kappa shape index (κ3) is 4.35. The normalized spacial score (nSPS) is 27.2. The summed E-state index contributed by atoms with van der Waals surface area (Å²) in [7, 11) is 0. The largest absolute Gasteiger partial charge is 0.469 e. The van der Waals surface area contributed by atoms with Crippen LogP contribution in [0.4, 0.5) is 0 Å². The molecule has 0 radical (unpaired) electrons. The maximum atomic E-state index is 11.7. The van der Waals surface area contributed by atoms with Crippen LogP contribution in [0.2, 0.25) is 0 Å². The molecule has 0 N–H and O–H groups in total. The summed E-state index contributed by atoms with van der Waals surface area (Å²) in [5.74, 6) is 1.11. The van der Waals surface area contributed by atoms with E-state index < -0.39 is 11.2 Å². The van der Waals surface area contributed by atoms with Crippen LogP contribution in [0.5, 0.6) is 0 Å². The molecule has 0 spiro atoms. The van der Waals surface area contributed by atoms with Crippen LogP contribution in [0.25, 0.3) is 0 Å². The summed E-state index contributed by atoms with van der Waals surface area (Å²) in [6.07, 6.45) is 3.98. The highest BCUT2D eigenvalue weighted by atomic mass is 16.6. The van der Waals surface area contributed by atoms with Crippen molar-refractivity contribution in [2.24, 2.45) is 0 Å². The second-order valence-corrected chi connectivity index (χ2v) is 9.44. The summed E-state index contributed by atoms with van der Waals surface area (Å²) in [6.45, 7) is 3.89. The molecular weight excluding hydrogens is 456 g/mol. The van der Waals surface area contributed by atoms with Crippen molar-refractivity contribution < 1.29 is 27.9 Å². The Morgan fingerprint density at radius 2 is 0.972 bits per heavy atom. The minimum Gasteiger partial charge on any atom is -0.469 e. The molecule has 2 aliphatic heterocycles. The Labute approximate surface area is 209 Å². The van der Waals surface area contributed by atoms with E-state index in [9.17, 15) is 9.59 Å².